The van der Waals surface area contributed by atoms with Crippen molar-refractivity contribution in [3.05, 3.63) is 53.8 Å². The monoisotopic (exact) mass is 521 g/mol. The van der Waals surface area contributed by atoms with Crippen LogP contribution in [0.5, 0.6) is 11.5 Å². The molecule has 0 bridgehead atoms. The van der Waals surface area contributed by atoms with E-state index in [0.717, 1.165) is 10.6 Å². The number of ether oxygens (including phenoxy) is 2. The van der Waals surface area contributed by atoms with E-state index in [1.165, 1.54) is 41.3 Å². The van der Waals surface area contributed by atoms with Crippen molar-refractivity contribution in [2.75, 3.05) is 23.9 Å². The zero-order valence-corrected chi connectivity index (χ0v) is 21.7. The summed E-state index contributed by atoms with van der Waals surface area (Å²) in [6, 6.07) is 9.24. The fourth-order valence-electron chi connectivity index (χ4n) is 3.80. The number of hydrogen-bond acceptors (Lipinski definition) is 6. The smallest absolute Gasteiger partial charge is 0.244 e. The average Bonchev–Trinajstić information content (AvgIpc) is 3.30. The molecule has 0 aromatic heterocycles. The zero-order chi connectivity index (χ0) is 26.5. The first-order valence-corrected chi connectivity index (χ1v) is 13.6. The maximum absolute atomic E-state index is 13.6. The topological polar surface area (TPSA) is 105 Å². The van der Waals surface area contributed by atoms with E-state index in [4.69, 9.17) is 9.47 Å². The maximum atomic E-state index is 13.6. The molecule has 0 radical (unpaired) electrons. The largest absolute Gasteiger partial charge is 0.454 e. The molecular weight excluding hydrogens is 489 g/mol. The molecule has 9 nitrogen and oxygen atoms in total. The molecule has 196 valence electrons. The highest BCUT2D eigenvalue weighted by Gasteiger charge is 2.32. The molecule has 0 unspecified atom stereocenters. The summed E-state index contributed by atoms with van der Waals surface area (Å²) in [5.41, 5.74) is 0.836. The van der Waals surface area contributed by atoms with E-state index in [1.54, 1.807) is 13.0 Å². The number of amides is 2. The van der Waals surface area contributed by atoms with Crippen LogP contribution < -0.4 is 19.1 Å². The summed E-state index contributed by atoms with van der Waals surface area (Å²) >= 11 is 0. The third-order valence-corrected chi connectivity index (χ3v) is 7.12. The normalized spacial score (nSPS) is 14.1. The highest BCUT2D eigenvalue weighted by atomic mass is 32.2. The van der Waals surface area contributed by atoms with Crippen molar-refractivity contribution in [2.45, 2.75) is 52.2 Å². The Morgan fingerprint density at radius 1 is 1.06 bits per heavy atom. The number of nitrogens with one attached hydrogen (secondary N) is 1. The van der Waals surface area contributed by atoms with Crippen molar-refractivity contribution in [1.29, 1.82) is 0 Å². The molecule has 1 N–H and O–H groups in total. The Bertz CT molecular complexity index is 1190. The van der Waals surface area contributed by atoms with E-state index in [1.807, 2.05) is 13.8 Å². The Balaban J connectivity index is 1.94. The van der Waals surface area contributed by atoms with E-state index >= 15 is 0 Å². The van der Waals surface area contributed by atoms with Gasteiger partial charge < -0.3 is 19.7 Å². The quantitative estimate of drug-likeness (QED) is 0.487. The molecule has 36 heavy (non-hydrogen) atoms. The predicted molar refractivity (Wildman–Crippen MR) is 134 cm³/mol. The van der Waals surface area contributed by atoms with Gasteiger partial charge in [-0.15, -0.1) is 0 Å². The number of fused-ring (bicyclic) bond motifs is 1. The molecule has 0 fully saturated rings. The van der Waals surface area contributed by atoms with Crippen molar-refractivity contribution < 1.29 is 31.9 Å². The van der Waals surface area contributed by atoms with Crippen molar-refractivity contribution in [3.63, 3.8) is 0 Å². The molecule has 0 aliphatic carbocycles. The van der Waals surface area contributed by atoms with Gasteiger partial charge in [-0.2, -0.15) is 0 Å². The lowest BCUT2D eigenvalue weighted by atomic mass is 10.1. The van der Waals surface area contributed by atoms with Gasteiger partial charge in [-0.05, 0) is 49.6 Å². The number of hydrogen-bond donors (Lipinski definition) is 1. The SMILES string of the molecule is CC[C@H](C)NC(=O)[C@H](CC)N(Cc1ccc(F)cc1)C(=O)CN(c1ccc2c(c1)OCO2)S(C)(=O)=O. The second kappa shape index (κ2) is 11.6. The van der Waals surface area contributed by atoms with Crippen LogP contribution in [0.1, 0.15) is 39.2 Å². The molecule has 0 saturated carbocycles. The predicted octanol–water partition coefficient (Wildman–Crippen LogP) is 3.04. The van der Waals surface area contributed by atoms with Gasteiger partial charge in [0.2, 0.25) is 28.6 Å². The minimum atomic E-state index is -3.88. The Morgan fingerprint density at radius 3 is 2.33 bits per heavy atom. The second-order valence-corrected chi connectivity index (χ2v) is 10.6. The summed E-state index contributed by atoms with van der Waals surface area (Å²) in [6.07, 6.45) is 2.01. The maximum Gasteiger partial charge on any atom is 0.244 e. The number of carbonyl (C=O) groups excluding carboxylic acids is 2. The molecule has 11 heteroatoms. The lowest BCUT2D eigenvalue weighted by Gasteiger charge is -2.33. The molecule has 1 aliphatic rings. The van der Waals surface area contributed by atoms with Crippen LogP contribution in [0.4, 0.5) is 10.1 Å². The molecule has 0 saturated heterocycles. The third-order valence-electron chi connectivity index (χ3n) is 5.98. The molecular formula is C25H32FN3O6S. The fraction of sp³-hybridized carbons (Fsp3) is 0.440. The van der Waals surface area contributed by atoms with Crippen LogP contribution in [0.3, 0.4) is 0 Å². The first kappa shape index (κ1) is 27.3. The van der Waals surface area contributed by atoms with Gasteiger partial charge in [-0.3, -0.25) is 13.9 Å². The van der Waals surface area contributed by atoms with Crippen LogP contribution in [0, 0.1) is 5.82 Å². The van der Waals surface area contributed by atoms with Gasteiger partial charge in [-0.1, -0.05) is 26.0 Å². The lowest BCUT2D eigenvalue weighted by molar-refractivity contribution is -0.140. The van der Waals surface area contributed by atoms with E-state index in [-0.39, 0.29) is 31.0 Å². The zero-order valence-electron chi connectivity index (χ0n) is 20.9. The van der Waals surface area contributed by atoms with Gasteiger partial charge >= 0.3 is 0 Å². The van der Waals surface area contributed by atoms with Gasteiger partial charge in [0.05, 0.1) is 11.9 Å². The number of sulfonamides is 1. The Morgan fingerprint density at radius 2 is 1.72 bits per heavy atom. The third kappa shape index (κ3) is 6.66. The highest BCUT2D eigenvalue weighted by molar-refractivity contribution is 7.92. The van der Waals surface area contributed by atoms with Gasteiger partial charge in [0.1, 0.15) is 18.4 Å². The molecule has 0 spiro atoms. The summed E-state index contributed by atoms with van der Waals surface area (Å²) in [5.74, 6) is -0.491. The van der Waals surface area contributed by atoms with E-state index < -0.39 is 34.3 Å². The molecule has 1 aliphatic heterocycles. The molecule has 2 aromatic carbocycles. The average molecular weight is 522 g/mol. The van der Waals surface area contributed by atoms with Crippen LogP contribution in [-0.4, -0.2) is 56.8 Å². The molecule has 2 aromatic rings. The van der Waals surface area contributed by atoms with E-state index in [2.05, 4.69) is 5.32 Å². The van der Waals surface area contributed by atoms with Crippen molar-refractivity contribution in [2.24, 2.45) is 0 Å². The van der Waals surface area contributed by atoms with Crippen molar-refractivity contribution in [3.8, 4) is 11.5 Å². The number of rotatable bonds is 11. The van der Waals surface area contributed by atoms with E-state index in [9.17, 15) is 22.4 Å². The van der Waals surface area contributed by atoms with Crippen LogP contribution in [-0.2, 0) is 26.2 Å². The number of halogens is 1. The summed E-state index contributed by atoms with van der Waals surface area (Å²) in [4.78, 5) is 28.1. The Kier molecular flexibility index (Phi) is 8.78. The number of anilines is 1. The minimum Gasteiger partial charge on any atom is -0.454 e. The van der Waals surface area contributed by atoms with E-state index in [0.29, 0.717) is 29.9 Å². The summed E-state index contributed by atoms with van der Waals surface area (Å²) in [7, 11) is -3.88. The van der Waals surface area contributed by atoms with Crippen LogP contribution in [0.2, 0.25) is 0 Å². The number of nitrogens with zero attached hydrogens (tertiary/aromatic N) is 2. The first-order chi connectivity index (χ1) is 17.0. The molecule has 2 atom stereocenters. The van der Waals surface area contributed by atoms with Crippen LogP contribution in [0.25, 0.3) is 0 Å². The standard InChI is InChI=1S/C25H32FN3O6S/c1-5-17(3)27-25(31)21(6-2)28(14-18-7-9-19(26)10-8-18)24(30)15-29(36(4,32)33)20-11-12-22-23(13-20)35-16-34-22/h7-13,17,21H,5-6,14-16H2,1-4H3,(H,27,31)/t17-,21-/m0/s1. The van der Waals surface area contributed by atoms with Crippen molar-refractivity contribution >= 4 is 27.5 Å². The first-order valence-electron chi connectivity index (χ1n) is 11.7. The summed E-state index contributed by atoms with van der Waals surface area (Å²) in [6.45, 7) is 5.06. The minimum absolute atomic E-state index is 0.00425. The fourth-order valence-corrected chi connectivity index (χ4v) is 4.64. The highest BCUT2D eigenvalue weighted by Crippen LogP contribution is 2.36. The molecule has 1 heterocycles. The van der Waals surface area contributed by atoms with Crippen LogP contribution >= 0.6 is 0 Å². The summed E-state index contributed by atoms with van der Waals surface area (Å²) < 4.78 is 50.5. The second-order valence-electron chi connectivity index (χ2n) is 8.70. The van der Waals surface area contributed by atoms with Crippen LogP contribution in [0.15, 0.2) is 42.5 Å². The van der Waals surface area contributed by atoms with Crippen molar-refractivity contribution in [1.82, 2.24) is 10.2 Å². The Labute approximate surface area is 211 Å². The van der Waals surface area contributed by atoms with Gasteiger partial charge in [-0.25, -0.2) is 12.8 Å². The lowest BCUT2D eigenvalue weighted by Crippen LogP contribution is -2.53. The number of carbonyl (C=O) groups is 2. The van der Waals surface area contributed by atoms with Gasteiger partial charge in [0.15, 0.2) is 11.5 Å². The Hall–Kier alpha value is -3.34. The van der Waals surface area contributed by atoms with Gasteiger partial charge in [0.25, 0.3) is 0 Å². The summed E-state index contributed by atoms with van der Waals surface area (Å²) in [5, 5.41) is 2.90. The molecule has 2 amide bonds. The molecule has 3 rings (SSSR count). The number of benzene rings is 2. The van der Waals surface area contributed by atoms with Gasteiger partial charge in [0, 0.05) is 18.7 Å².